The molecule has 3 heteroatoms. The van der Waals surface area contributed by atoms with Crippen LogP contribution in [0.25, 0.3) is 10.9 Å². The highest BCUT2D eigenvalue weighted by atomic mass is 15.3. The predicted octanol–water partition coefficient (Wildman–Crippen LogP) is 3.80. The molecule has 1 unspecified atom stereocenters. The summed E-state index contributed by atoms with van der Waals surface area (Å²) in [6.45, 7) is 3.19. The van der Waals surface area contributed by atoms with E-state index in [1.165, 1.54) is 48.7 Å². The van der Waals surface area contributed by atoms with Gasteiger partial charge in [-0.15, -0.1) is 0 Å². The van der Waals surface area contributed by atoms with Crippen molar-refractivity contribution in [3.8, 4) is 0 Å². The summed E-state index contributed by atoms with van der Waals surface area (Å²) in [6, 6.07) is 8.97. The lowest BCUT2D eigenvalue weighted by molar-refractivity contribution is 0.394. The molecule has 0 spiro atoms. The number of rotatable bonds is 5. The number of nitrogens with zero attached hydrogens (tertiary/aromatic N) is 2. The first-order valence-corrected chi connectivity index (χ1v) is 7.94. The summed E-state index contributed by atoms with van der Waals surface area (Å²) >= 11 is 0. The van der Waals surface area contributed by atoms with Gasteiger partial charge in [-0.05, 0) is 24.9 Å². The maximum Gasteiger partial charge on any atom is 0.0872 e. The van der Waals surface area contributed by atoms with Crippen molar-refractivity contribution in [2.75, 3.05) is 6.54 Å². The van der Waals surface area contributed by atoms with E-state index in [0.717, 1.165) is 12.5 Å². The highest BCUT2D eigenvalue weighted by Crippen LogP contribution is 2.34. The second kappa shape index (κ2) is 5.96. The molecule has 2 aromatic rings. The molecule has 1 aliphatic rings. The molecule has 1 heterocycles. The summed E-state index contributed by atoms with van der Waals surface area (Å²) in [4.78, 5) is 0. The minimum atomic E-state index is 0.397. The van der Waals surface area contributed by atoms with Crippen molar-refractivity contribution < 1.29 is 0 Å². The highest BCUT2D eigenvalue weighted by molar-refractivity contribution is 5.82. The van der Waals surface area contributed by atoms with E-state index in [0.29, 0.717) is 6.04 Å². The van der Waals surface area contributed by atoms with Gasteiger partial charge in [-0.3, -0.25) is 4.68 Å². The molecule has 0 aliphatic heterocycles. The van der Waals surface area contributed by atoms with E-state index in [1.54, 1.807) is 0 Å². The van der Waals surface area contributed by atoms with Crippen molar-refractivity contribution >= 4 is 10.9 Å². The van der Waals surface area contributed by atoms with Gasteiger partial charge in [-0.25, -0.2) is 0 Å². The molecule has 0 radical (unpaired) electrons. The molecular formula is C17H25N3. The number of benzene rings is 1. The van der Waals surface area contributed by atoms with Crippen LogP contribution in [0.1, 0.15) is 50.8 Å². The van der Waals surface area contributed by atoms with E-state index in [4.69, 9.17) is 5.10 Å². The van der Waals surface area contributed by atoms with E-state index < -0.39 is 0 Å². The average Bonchev–Trinajstić information content (AvgIpc) is 3.07. The third kappa shape index (κ3) is 2.59. The van der Waals surface area contributed by atoms with Crippen molar-refractivity contribution in [1.29, 1.82) is 0 Å². The molecule has 20 heavy (non-hydrogen) atoms. The minimum Gasteiger partial charge on any atom is -0.309 e. The van der Waals surface area contributed by atoms with Gasteiger partial charge < -0.3 is 5.32 Å². The fourth-order valence-corrected chi connectivity index (χ4v) is 3.62. The molecule has 3 rings (SSSR count). The number of aryl methyl sites for hydroxylation is 1. The smallest absolute Gasteiger partial charge is 0.0872 e. The molecule has 1 saturated carbocycles. The fourth-order valence-electron chi connectivity index (χ4n) is 3.62. The van der Waals surface area contributed by atoms with Crippen LogP contribution in [0.2, 0.25) is 0 Å². The van der Waals surface area contributed by atoms with Crippen molar-refractivity contribution in [3.05, 3.63) is 30.0 Å². The summed E-state index contributed by atoms with van der Waals surface area (Å²) in [5.41, 5.74) is 2.47. The Labute approximate surface area is 121 Å². The maximum atomic E-state index is 4.80. The van der Waals surface area contributed by atoms with Crippen molar-refractivity contribution in [2.24, 2.45) is 13.0 Å². The van der Waals surface area contributed by atoms with Crippen LogP contribution in [-0.4, -0.2) is 16.3 Å². The SMILES string of the molecule is CCNC(CC1CCCC1)c1nn(C)c2ccccc12. The number of para-hydroxylation sites is 1. The average molecular weight is 271 g/mol. The molecular weight excluding hydrogens is 246 g/mol. The third-order valence-corrected chi connectivity index (χ3v) is 4.61. The third-order valence-electron chi connectivity index (χ3n) is 4.61. The lowest BCUT2D eigenvalue weighted by Gasteiger charge is -2.20. The first-order chi connectivity index (χ1) is 9.79. The van der Waals surface area contributed by atoms with Gasteiger partial charge in [0.15, 0.2) is 0 Å². The Morgan fingerprint density at radius 1 is 1.30 bits per heavy atom. The lowest BCUT2D eigenvalue weighted by atomic mass is 9.95. The van der Waals surface area contributed by atoms with Crippen LogP contribution in [0, 0.1) is 5.92 Å². The normalized spacial score (nSPS) is 17.9. The number of aromatic nitrogens is 2. The van der Waals surface area contributed by atoms with Gasteiger partial charge in [0.2, 0.25) is 0 Å². The van der Waals surface area contributed by atoms with E-state index in [-0.39, 0.29) is 0 Å². The Morgan fingerprint density at radius 2 is 2.05 bits per heavy atom. The summed E-state index contributed by atoms with van der Waals surface area (Å²) < 4.78 is 2.02. The molecule has 1 fully saturated rings. The van der Waals surface area contributed by atoms with Crippen molar-refractivity contribution in [2.45, 2.75) is 45.1 Å². The van der Waals surface area contributed by atoms with Crippen LogP contribution in [0.15, 0.2) is 24.3 Å². The lowest BCUT2D eigenvalue weighted by Crippen LogP contribution is -2.23. The fraction of sp³-hybridized carbons (Fsp3) is 0.588. The summed E-state index contributed by atoms with van der Waals surface area (Å²) in [5, 5.41) is 9.76. The number of nitrogens with one attached hydrogen (secondary N) is 1. The van der Waals surface area contributed by atoms with Gasteiger partial charge in [-0.1, -0.05) is 50.8 Å². The van der Waals surface area contributed by atoms with Gasteiger partial charge >= 0.3 is 0 Å². The van der Waals surface area contributed by atoms with Crippen LogP contribution in [-0.2, 0) is 7.05 Å². The van der Waals surface area contributed by atoms with Crippen molar-refractivity contribution in [1.82, 2.24) is 15.1 Å². The Balaban J connectivity index is 1.91. The predicted molar refractivity (Wildman–Crippen MR) is 83.7 cm³/mol. The first-order valence-electron chi connectivity index (χ1n) is 7.94. The van der Waals surface area contributed by atoms with Crippen molar-refractivity contribution in [3.63, 3.8) is 0 Å². The van der Waals surface area contributed by atoms with E-state index >= 15 is 0 Å². The topological polar surface area (TPSA) is 29.9 Å². The van der Waals surface area contributed by atoms with E-state index in [1.807, 2.05) is 11.7 Å². The van der Waals surface area contributed by atoms with Crippen LogP contribution < -0.4 is 5.32 Å². The van der Waals surface area contributed by atoms with Gasteiger partial charge in [0, 0.05) is 12.4 Å². The standard InChI is InChI=1S/C17H25N3/c1-3-18-15(12-13-8-4-5-9-13)17-14-10-6-7-11-16(14)20(2)19-17/h6-7,10-11,13,15,18H,3-5,8-9,12H2,1-2H3. The number of fused-ring (bicyclic) bond motifs is 1. The summed E-state index contributed by atoms with van der Waals surface area (Å²) in [6.07, 6.45) is 6.84. The molecule has 0 saturated heterocycles. The molecule has 3 nitrogen and oxygen atoms in total. The zero-order valence-electron chi connectivity index (χ0n) is 12.6. The summed E-state index contributed by atoms with van der Waals surface area (Å²) in [5.74, 6) is 0.875. The first kappa shape index (κ1) is 13.6. The quantitative estimate of drug-likeness (QED) is 0.896. The molecule has 1 aliphatic carbocycles. The number of hydrogen-bond acceptors (Lipinski definition) is 2. The molecule has 0 amide bonds. The zero-order chi connectivity index (χ0) is 13.9. The molecule has 0 bridgehead atoms. The van der Waals surface area contributed by atoms with Crippen LogP contribution in [0.3, 0.4) is 0 Å². The molecule has 1 N–H and O–H groups in total. The van der Waals surface area contributed by atoms with Gasteiger partial charge in [0.1, 0.15) is 0 Å². The van der Waals surface area contributed by atoms with Crippen LogP contribution >= 0.6 is 0 Å². The van der Waals surface area contributed by atoms with E-state index in [9.17, 15) is 0 Å². The second-order valence-corrected chi connectivity index (χ2v) is 6.02. The molecule has 1 aromatic heterocycles. The molecule has 1 atom stereocenters. The van der Waals surface area contributed by atoms with Crippen LogP contribution in [0.5, 0.6) is 0 Å². The van der Waals surface area contributed by atoms with Crippen LogP contribution in [0.4, 0.5) is 0 Å². The Bertz CT molecular complexity index is 567. The highest BCUT2D eigenvalue weighted by Gasteiger charge is 2.24. The monoisotopic (exact) mass is 271 g/mol. The molecule has 108 valence electrons. The Morgan fingerprint density at radius 3 is 2.80 bits per heavy atom. The summed E-state index contributed by atoms with van der Waals surface area (Å²) in [7, 11) is 2.05. The Hall–Kier alpha value is -1.35. The van der Waals surface area contributed by atoms with Gasteiger partial charge in [0.25, 0.3) is 0 Å². The number of hydrogen-bond donors (Lipinski definition) is 1. The van der Waals surface area contributed by atoms with E-state index in [2.05, 4.69) is 36.5 Å². The largest absolute Gasteiger partial charge is 0.309 e. The van der Waals surface area contributed by atoms with Gasteiger partial charge in [-0.2, -0.15) is 5.10 Å². The Kier molecular flexibility index (Phi) is 4.06. The molecule has 1 aromatic carbocycles. The van der Waals surface area contributed by atoms with Gasteiger partial charge in [0.05, 0.1) is 17.3 Å². The maximum absolute atomic E-state index is 4.80. The second-order valence-electron chi connectivity index (χ2n) is 6.02. The zero-order valence-corrected chi connectivity index (χ0v) is 12.6. The minimum absolute atomic E-state index is 0.397.